The number of anilines is 1. The molecule has 2 aliphatic rings. The molecule has 12 heteroatoms. The van der Waals surface area contributed by atoms with E-state index in [1.54, 1.807) is 32.2 Å². The number of benzene rings is 3. The monoisotopic (exact) mass is 721 g/mol. The number of esters is 1. The van der Waals surface area contributed by atoms with E-state index in [2.05, 4.69) is 58.8 Å². The maximum Gasteiger partial charge on any atom is 0.356 e. The summed E-state index contributed by atoms with van der Waals surface area (Å²) in [6.45, 7) is 9.11. The second-order valence-corrected chi connectivity index (χ2v) is 14.9. The summed E-state index contributed by atoms with van der Waals surface area (Å²) in [5, 5.41) is 12.8. The number of aromatic nitrogens is 1. The van der Waals surface area contributed by atoms with Gasteiger partial charge >= 0.3 is 5.97 Å². The van der Waals surface area contributed by atoms with E-state index < -0.39 is 41.0 Å². The molecule has 2 N–H and O–H groups in total. The molecule has 0 spiro atoms. The SMILES string of the molecule is C=CCC1=C(C(=O)OC(C)(C)C)N2C(=O)C(NC(=O)C(=NOC)c3csc(NC(c4ccccc4)(c4ccccc4)c4ccccc4)n3)C2CS1. The Morgan fingerprint density at radius 2 is 1.55 bits per heavy atom. The van der Waals surface area contributed by atoms with Crippen molar-refractivity contribution in [3.63, 3.8) is 0 Å². The molecule has 2 unspecified atom stereocenters. The number of β-lactam (4-membered cyclic amide) rings is 1. The van der Waals surface area contributed by atoms with Gasteiger partial charge in [-0.25, -0.2) is 9.78 Å². The van der Waals surface area contributed by atoms with Crippen LogP contribution < -0.4 is 10.6 Å². The maximum absolute atomic E-state index is 13.8. The molecule has 0 radical (unpaired) electrons. The summed E-state index contributed by atoms with van der Waals surface area (Å²) in [6, 6.07) is 29.0. The Balaban J connectivity index is 1.27. The Bertz CT molecular complexity index is 1880. The summed E-state index contributed by atoms with van der Waals surface area (Å²) in [5.41, 5.74) is 1.79. The first-order chi connectivity index (χ1) is 24.6. The molecule has 0 saturated carbocycles. The highest BCUT2D eigenvalue weighted by Gasteiger charge is 2.54. The van der Waals surface area contributed by atoms with Crippen LogP contribution in [0.2, 0.25) is 0 Å². The molecular weight excluding hydrogens is 683 g/mol. The van der Waals surface area contributed by atoms with E-state index >= 15 is 0 Å². The van der Waals surface area contributed by atoms with Crippen molar-refractivity contribution in [1.29, 1.82) is 0 Å². The number of hydrogen-bond donors (Lipinski definition) is 2. The molecule has 1 saturated heterocycles. The molecule has 2 atom stereocenters. The molecule has 262 valence electrons. The number of hydrogen-bond acceptors (Lipinski definition) is 10. The zero-order valence-corrected chi connectivity index (χ0v) is 30.4. The van der Waals surface area contributed by atoms with Crippen LogP contribution in [0, 0.1) is 0 Å². The van der Waals surface area contributed by atoms with Crippen molar-refractivity contribution in [2.75, 3.05) is 18.2 Å². The van der Waals surface area contributed by atoms with Gasteiger partial charge in [0.1, 0.15) is 35.7 Å². The number of amides is 2. The fraction of sp³-hybridized carbons (Fsp3) is 0.256. The summed E-state index contributed by atoms with van der Waals surface area (Å²) in [5.74, 6) is -1.14. The Kier molecular flexibility index (Phi) is 10.4. The molecule has 10 nitrogen and oxygen atoms in total. The Morgan fingerprint density at radius 1 is 0.980 bits per heavy atom. The molecule has 3 heterocycles. The van der Waals surface area contributed by atoms with Gasteiger partial charge < -0.3 is 20.2 Å². The summed E-state index contributed by atoms with van der Waals surface area (Å²) >= 11 is 2.77. The lowest BCUT2D eigenvalue weighted by Crippen LogP contribution is -2.73. The molecule has 4 aromatic rings. The zero-order chi connectivity index (χ0) is 36.2. The molecular formula is C39H39N5O5S2. The number of rotatable bonds is 12. The lowest BCUT2D eigenvalue weighted by molar-refractivity contribution is -0.160. The number of oxime groups is 1. The normalized spacial score (nSPS) is 17.6. The molecule has 2 aliphatic heterocycles. The van der Waals surface area contributed by atoms with Crippen LogP contribution in [0.4, 0.5) is 5.13 Å². The van der Waals surface area contributed by atoms with E-state index in [4.69, 9.17) is 14.6 Å². The number of fused-ring (bicyclic) bond motifs is 1. The molecule has 6 rings (SSSR count). The third-order valence-electron chi connectivity index (χ3n) is 8.42. The predicted octanol–water partition coefficient (Wildman–Crippen LogP) is 6.47. The number of nitrogens with zero attached hydrogens (tertiary/aromatic N) is 3. The van der Waals surface area contributed by atoms with E-state index in [0.29, 0.717) is 22.2 Å². The lowest BCUT2D eigenvalue weighted by atomic mass is 9.77. The van der Waals surface area contributed by atoms with Gasteiger partial charge in [-0.15, -0.1) is 29.7 Å². The quantitative estimate of drug-likeness (QED) is 0.0427. The van der Waals surface area contributed by atoms with Gasteiger partial charge in [0.2, 0.25) is 0 Å². The van der Waals surface area contributed by atoms with Crippen molar-refractivity contribution in [1.82, 2.24) is 15.2 Å². The molecule has 1 fully saturated rings. The first-order valence-corrected chi connectivity index (χ1v) is 18.3. The van der Waals surface area contributed by atoms with Gasteiger partial charge in [-0.05, 0) is 43.9 Å². The number of ether oxygens (including phenoxy) is 1. The Hall–Kier alpha value is -5.20. The lowest BCUT2D eigenvalue weighted by Gasteiger charge is -2.50. The summed E-state index contributed by atoms with van der Waals surface area (Å²) in [4.78, 5) is 52.7. The zero-order valence-electron chi connectivity index (χ0n) is 28.8. The van der Waals surface area contributed by atoms with Crippen LogP contribution in [-0.4, -0.2) is 63.9 Å². The molecule has 3 aromatic carbocycles. The van der Waals surface area contributed by atoms with E-state index in [0.717, 1.165) is 16.7 Å². The molecule has 0 bridgehead atoms. The van der Waals surface area contributed by atoms with Gasteiger partial charge in [0.15, 0.2) is 10.8 Å². The average molecular weight is 722 g/mol. The highest BCUT2D eigenvalue weighted by Crippen LogP contribution is 2.42. The van der Waals surface area contributed by atoms with Crippen molar-refractivity contribution >= 4 is 51.7 Å². The third-order valence-corrected chi connectivity index (χ3v) is 10.4. The van der Waals surface area contributed by atoms with Crippen molar-refractivity contribution < 1.29 is 24.0 Å². The highest BCUT2D eigenvalue weighted by atomic mass is 32.2. The van der Waals surface area contributed by atoms with E-state index in [1.165, 1.54) is 35.1 Å². The molecule has 1 aromatic heterocycles. The van der Waals surface area contributed by atoms with Gasteiger partial charge in [0.25, 0.3) is 11.8 Å². The predicted molar refractivity (Wildman–Crippen MR) is 201 cm³/mol. The Morgan fingerprint density at radius 3 is 2.06 bits per heavy atom. The largest absolute Gasteiger partial charge is 0.455 e. The van der Waals surface area contributed by atoms with E-state index in [9.17, 15) is 14.4 Å². The van der Waals surface area contributed by atoms with Crippen LogP contribution in [0.1, 0.15) is 49.6 Å². The van der Waals surface area contributed by atoms with Crippen LogP contribution in [0.15, 0.2) is 125 Å². The minimum absolute atomic E-state index is 0.0866. The molecule has 51 heavy (non-hydrogen) atoms. The van der Waals surface area contributed by atoms with Crippen LogP contribution in [0.3, 0.4) is 0 Å². The van der Waals surface area contributed by atoms with Gasteiger partial charge in [-0.1, -0.05) is 102 Å². The number of nitrogens with one attached hydrogen (secondary N) is 2. The topological polar surface area (TPSA) is 122 Å². The standard InChI is InChI=1S/C39H39N5O5S2/c1-6-16-30-33(36(47)49-38(2,3)4)44-29(24-50-30)32(35(44)46)41-34(45)31(43-48-5)28-23-51-37(40-28)42-39(25-17-10-7-11-18-25,26-19-12-8-13-20-26)27-21-14-9-15-22-27/h6-15,17-23,29,32H,1,16,24H2,2-5H3,(H,40,42)(H,41,45). The van der Waals surface area contributed by atoms with Gasteiger partial charge in [0, 0.05) is 16.0 Å². The highest BCUT2D eigenvalue weighted by molar-refractivity contribution is 8.03. The number of allylic oxidation sites excluding steroid dienone is 2. The average Bonchev–Trinajstić information content (AvgIpc) is 3.60. The first-order valence-electron chi connectivity index (χ1n) is 16.4. The summed E-state index contributed by atoms with van der Waals surface area (Å²) in [7, 11) is 1.34. The summed E-state index contributed by atoms with van der Waals surface area (Å²) in [6.07, 6.45) is 2.10. The summed E-state index contributed by atoms with van der Waals surface area (Å²) < 4.78 is 5.65. The van der Waals surface area contributed by atoms with Crippen molar-refractivity contribution in [2.24, 2.45) is 5.16 Å². The minimum atomic E-state index is -0.882. The smallest absolute Gasteiger partial charge is 0.356 e. The van der Waals surface area contributed by atoms with Gasteiger partial charge in [0.05, 0.1) is 6.04 Å². The van der Waals surface area contributed by atoms with Crippen molar-refractivity contribution in [3.05, 3.63) is 142 Å². The van der Waals surface area contributed by atoms with E-state index in [1.807, 2.05) is 54.6 Å². The van der Waals surface area contributed by atoms with Gasteiger partial charge in [-0.3, -0.25) is 14.5 Å². The fourth-order valence-electron chi connectivity index (χ4n) is 6.25. The minimum Gasteiger partial charge on any atom is -0.455 e. The third kappa shape index (κ3) is 7.19. The number of carbonyl (C=O) groups is 3. The number of carbonyl (C=O) groups excluding carboxylic acids is 3. The van der Waals surface area contributed by atoms with E-state index in [-0.39, 0.29) is 17.1 Å². The number of thioether (sulfide) groups is 1. The van der Waals surface area contributed by atoms with Crippen molar-refractivity contribution in [3.8, 4) is 0 Å². The Labute approximate surface area is 305 Å². The van der Waals surface area contributed by atoms with Crippen LogP contribution in [0.25, 0.3) is 0 Å². The first kappa shape index (κ1) is 35.6. The van der Waals surface area contributed by atoms with Crippen LogP contribution in [0.5, 0.6) is 0 Å². The molecule has 2 amide bonds. The fourth-order valence-corrected chi connectivity index (χ4v) is 8.27. The second-order valence-electron chi connectivity index (χ2n) is 12.9. The van der Waals surface area contributed by atoms with Crippen LogP contribution >= 0.6 is 23.1 Å². The van der Waals surface area contributed by atoms with Crippen LogP contribution in [-0.2, 0) is 29.5 Å². The van der Waals surface area contributed by atoms with Crippen molar-refractivity contribution in [2.45, 2.75) is 50.4 Å². The maximum atomic E-state index is 13.8. The number of thiazole rings is 1. The molecule has 0 aliphatic carbocycles. The van der Waals surface area contributed by atoms with Gasteiger partial charge in [-0.2, -0.15) is 0 Å². The second kappa shape index (κ2) is 15.0.